The minimum absolute atomic E-state index is 0.282. The molecule has 1 atom stereocenters. The van der Waals surface area contributed by atoms with Crippen molar-refractivity contribution in [2.75, 3.05) is 11.4 Å². The van der Waals surface area contributed by atoms with E-state index < -0.39 is 18.0 Å². The highest BCUT2D eigenvalue weighted by atomic mass is 19.1. The third-order valence-electron chi connectivity index (χ3n) is 3.66. The van der Waals surface area contributed by atoms with Gasteiger partial charge in [0.1, 0.15) is 18.5 Å². The number of anilines is 1. The second-order valence-electron chi connectivity index (χ2n) is 5.21. The maximum absolute atomic E-state index is 14.3. The molecule has 0 bridgehead atoms. The van der Waals surface area contributed by atoms with Crippen molar-refractivity contribution in [2.45, 2.75) is 12.6 Å². The molecule has 0 saturated carbocycles. The molecule has 0 spiro atoms. The van der Waals surface area contributed by atoms with Gasteiger partial charge in [-0.25, -0.2) is 14.2 Å². The number of carbonyl (C=O) groups excluding carboxylic acids is 1. The zero-order valence-corrected chi connectivity index (χ0v) is 12.4. The van der Waals surface area contributed by atoms with E-state index in [0.717, 1.165) is 0 Å². The molecule has 24 heavy (non-hydrogen) atoms. The number of carbonyl (C=O) groups is 1. The first-order valence-corrected chi connectivity index (χ1v) is 7.17. The molecule has 3 aromatic rings. The van der Waals surface area contributed by atoms with Crippen LogP contribution >= 0.6 is 0 Å². The molecule has 1 aliphatic rings. The Kier molecular flexibility index (Phi) is 3.41. The Bertz CT molecular complexity index is 850. The van der Waals surface area contributed by atoms with Crippen LogP contribution in [0.4, 0.5) is 14.9 Å². The van der Waals surface area contributed by atoms with Gasteiger partial charge in [0.25, 0.3) is 0 Å². The number of ether oxygens (including phenoxy) is 1. The van der Waals surface area contributed by atoms with Crippen molar-refractivity contribution < 1.29 is 13.9 Å². The van der Waals surface area contributed by atoms with Gasteiger partial charge in [-0.2, -0.15) is 4.80 Å². The molecule has 9 nitrogen and oxygen atoms in total. The fourth-order valence-corrected chi connectivity index (χ4v) is 2.56. The number of cyclic esters (lactones) is 1. The first-order valence-electron chi connectivity index (χ1n) is 7.17. The number of rotatable bonds is 4. The Morgan fingerprint density at radius 2 is 2.29 bits per heavy atom. The Morgan fingerprint density at radius 1 is 1.38 bits per heavy atom. The SMILES string of the molecule is O=C1O[C@@H](Cn2ncnn2)CN1c1ccc(-n2ccnc2)c(F)c1. The predicted octanol–water partition coefficient (Wildman–Crippen LogP) is 1.02. The predicted molar refractivity (Wildman–Crippen MR) is 79.0 cm³/mol. The van der Waals surface area contributed by atoms with Gasteiger partial charge in [-0.3, -0.25) is 4.90 Å². The summed E-state index contributed by atoms with van der Waals surface area (Å²) in [7, 11) is 0. The highest BCUT2D eigenvalue weighted by molar-refractivity contribution is 5.89. The maximum atomic E-state index is 14.3. The van der Waals surface area contributed by atoms with Crippen LogP contribution in [0.15, 0.2) is 43.2 Å². The molecule has 0 unspecified atom stereocenters. The smallest absolute Gasteiger partial charge is 0.414 e. The summed E-state index contributed by atoms with van der Waals surface area (Å²) < 4.78 is 21.2. The number of halogens is 1. The Morgan fingerprint density at radius 3 is 3.00 bits per heavy atom. The summed E-state index contributed by atoms with van der Waals surface area (Å²) in [5, 5.41) is 11.2. The number of tetrazole rings is 1. The lowest BCUT2D eigenvalue weighted by molar-refractivity contribution is 0.126. The monoisotopic (exact) mass is 329 g/mol. The quantitative estimate of drug-likeness (QED) is 0.710. The van der Waals surface area contributed by atoms with Crippen LogP contribution in [-0.2, 0) is 11.3 Å². The number of imidazole rings is 1. The van der Waals surface area contributed by atoms with Gasteiger partial charge in [0.15, 0.2) is 6.33 Å². The van der Waals surface area contributed by atoms with Crippen LogP contribution in [0, 0.1) is 5.82 Å². The molecule has 0 aliphatic carbocycles. The van der Waals surface area contributed by atoms with Crippen molar-refractivity contribution >= 4 is 11.8 Å². The minimum Gasteiger partial charge on any atom is -0.442 e. The second kappa shape index (κ2) is 5.72. The van der Waals surface area contributed by atoms with Gasteiger partial charge in [0.05, 0.1) is 24.2 Å². The first kappa shape index (κ1) is 14.3. The number of hydrogen-bond donors (Lipinski definition) is 0. The topological polar surface area (TPSA) is 91.0 Å². The molecule has 1 saturated heterocycles. The molecule has 2 aromatic heterocycles. The first-order chi connectivity index (χ1) is 11.7. The summed E-state index contributed by atoms with van der Waals surface area (Å²) in [6.45, 7) is 0.572. The summed E-state index contributed by atoms with van der Waals surface area (Å²) in [5.41, 5.74) is 0.780. The van der Waals surface area contributed by atoms with Gasteiger partial charge < -0.3 is 9.30 Å². The van der Waals surface area contributed by atoms with E-state index in [0.29, 0.717) is 11.4 Å². The highest BCUT2D eigenvalue weighted by Crippen LogP contribution is 2.25. The number of aromatic nitrogens is 6. The molecule has 1 fully saturated rings. The highest BCUT2D eigenvalue weighted by Gasteiger charge is 2.33. The molecule has 1 aromatic carbocycles. The fraction of sp³-hybridized carbons (Fsp3) is 0.214. The Labute approximate surface area is 135 Å². The van der Waals surface area contributed by atoms with Crippen LogP contribution in [0.5, 0.6) is 0 Å². The van der Waals surface area contributed by atoms with Crippen molar-refractivity contribution in [1.82, 2.24) is 29.8 Å². The molecular formula is C14H12FN7O2. The van der Waals surface area contributed by atoms with E-state index in [2.05, 4.69) is 20.4 Å². The minimum atomic E-state index is -0.533. The van der Waals surface area contributed by atoms with Crippen molar-refractivity contribution in [3.63, 3.8) is 0 Å². The molecule has 0 N–H and O–H groups in total. The summed E-state index contributed by atoms with van der Waals surface area (Å²) in [4.78, 5) is 18.6. The molecule has 3 heterocycles. The van der Waals surface area contributed by atoms with Crippen LogP contribution in [-0.4, -0.2) is 48.5 Å². The number of benzene rings is 1. The van der Waals surface area contributed by atoms with E-state index in [1.807, 2.05) is 0 Å². The van der Waals surface area contributed by atoms with Crippen molar-refractivity contribution in [2.24, 2.45) is 0 Å². The van der Waals surface area contributed by atoms with Crippen LogP contribution < -0.4 is 4.90 Å². The van der Waals surface area contributed by atoms with E-state index >= 15 is 0 Å². The van der Waals surface area contributed by atoms with Gasteiger partial charge in [-0.05, 0) is 23.4 Å². The molecule has 4 rings (SSSR count). The largest absolute Gasteiger partial charge is 0.442 e. The molecular weight excluding hydrogens is 317 g/mol. The molecule has 122 valence electrons. The summed E-state index contributed by atoms with van der Waals surface area (Å²) in [6, 6.07) is 4.55. The summed E-state index contributed by atoms with van der Waals surface area (Å²) in [5.74, 6) is -0.459. The van der Waals surface area contributed by atoms with E-state index in [1.54, 1.807) is 29.1 Å². The Hall–Kier alpha value is -3.30. The maximum Gasteiger partial charge on any atom is 0.414 e. The second-order valence-corrected chi connectivity index (χ2v) is 5.21. The third-order valence-corrected chi connectivity index (χ3v) is 3.66. The van der Waals surface area contributed by atoms with Crippen LogP contribution in [0.1, 0.15) is 0 Å². The van der Waals surface area contributed by atoms with Gasteiger partial charge in [-0.1, -0.05) is 0 Å². The molecule has 0 radical (unpaired) electrons. The third kappa shape index (κ3) is 2.57. The molecule has 10 heteroatoms. The van der Waals surface area contributed by atoms with Gasteiger partial charge in [0.2, 0.25) is 0 Å². The van der Waals surface area contributed by atoms with Crippen molar-refractivity contribution in [3.8, 4) is 5.69 Å². The average molecular weight is 329 g/mol. The van der Waals surface area contributed by atoms with Crippen molar-refractivity contribution in [3.05, 3.63) is 49.1 Å². The normalized spacial score (nSPS) is 17.3. The Balaban J connectivity index is 1.53. The van der Waals surface area contributed by atoms with Crippen LogP contribution in [0.25, 0.3) is 5.69 Å². The average Bonchev–Trinajstić information content (AvgIpc) is 3.30. The molecule has 1 aliphatic heterocycles. The van der Waals surface area contributed by atoms with Crippen LogP contribution in [0.2, 0.25) is 0 Å². The van der Waals surface area contributed by atoms with Crippen molar-refractivity contribution in [1.29, 1.82) is 0 Å². The van der Waals surface area contributed by atoms with Gasteiger partial charge >= 0.3 is 6.09 Å². The number of nitrogens with zero attached hydrogens (tertiary/aromatic N) is 7. The summed E-state index contributed by atoms with van der Waals surface area (Å²) >= 11 is 0. The van der Waals surface area contributed by atoms with Gasteiger partial charge in [0, 0.05) is 12.4 Å². The lowest BCUT2D eigenvalue weighted by Gasteiger charge is -2.14. The zero-order chi connectivity index (χ0) is 16.5. The number of hydrogen-bond acceptors (Lipinski definition) is 6. The standard InChI is InChI=1S/C14H12FN7O2/c15-12-5-10(1-2-13(12)20-4-3-16-9-20)21-6-11(24-14(21)23)7-22-18-8-17-19-22/h1-5,8-9,11H,6-7H2/t11-/m1/s1. The van der Waals surface area contributed by atoms with E-state index in [4.69, 9.17) is 4.74 Å². The summed E-state index contributed by atoms with van der Waals surface area (Å²) in [6.07, 6.45) is 5.05. The zero-order valence-electron chi connectivity index (χ0n) is 12.4. The molecule has 1 amide bonds. The number of amides is 1. The fourth-order valence-electron chi connectivity index (χ4n) is 2.56. The van der Waals surface area contributed by atoms with E-state index in [9.17, 15) is 9.18 Å². The lowest BCUT2D eigenvalue weighted by atomic mass is 10.2. The lowest BCUT2D eigenvalue weighted by Crippen LogP contribution is -2.26. The van der Waals surface area contributed by atoms with Gasteiger partial charge in [-0.15, -0.1) is 10.2 Å². The van der Waals surface area contributed by atoms with E-state index in [1.165, 1.54) is 28.4 Å². The van der Waals surface area contributed by atoms with Crippen LogP contribution in [0.3, 0.4) is 0 Å². The van der Waals surface area contributed by atoms with E-state index in [-0.39, 0.29) is 13.1 Å².